The lowest BCUT2D eigenvalue weighted by Gasteiger charge is -2.05. The van der Waals surface area contributed by atoms with Crippen molar-refractivity contribution in [3.05, 3.63) is 36.0 Å². The van der Waals surface area contributed by atoms with Gasteiger partial charge in [0.15, 0.2) is 0 Å². The summed E-state index contributed by atoms with van der Waals surface area (Å²) in [5.74, 6) is 0. The summed E-state index contributed by atoms with van der Waals surface area (Å²) in [5, 5.41) is 10.2. The molecule has 15 heavy (non-hydrogen) atoms. The molecule has 0 radical (unpaired) electrons. The number of aromatic nitrogens is 1. The van der Waals surface area contributed by atoms with Crippen molar-refractivity contribution in [2.45, 2.75) is 20.3 Å². The highest BCUT2D eigenvalue weighted by Crippen LogP contribution is 2.17. The summed E-state index contributed by atoms with van der Waals surface area (Å²) < 4.78 is 7.40. The Morgan fingerprint density at radius 1 is 1.33 bits per heavy atom. The number of benzene rings is 1. The Hall–Kier alpha value is -1.32. The lowest BCUT2D eigenvalue weighted by Crippen LogP contribution is -2.00. The fourth-order valence-electron chi connectivity index (χ4n) is 1.63. The van der Waals surface area contributed by atoms with Crippen molar-refractivity contribution < 1.29 is 9.84 Å². The van der Waals surface area contributed by atoms with E-state index in [1.807, 2.05) is 35.9 Å². The topological polar surface area (TPSA) is 34.4 Å². The maximum atomic E-state index is 9.06. The summed E-state index contributed by atoms with van der Waals surface area (Å²) in [4.78, 5) is 0. The number of aliphatic hydroxyl groups is 1. The van der Waals surface area contributed by atoms with Gasteiger partial charge in [0.25, 0.3) is 0 Å². The SMILES string of the molecule is CCOCn1ccc2ccc(CO)cc21. The first-order chi connectivity index (χ1) is 7.35. The highest BCUT2D eigenvalue weighted by atomic mass is 16.5. The quantitative estimate of drug-likeness (QED) is 0.829. The predicted octanol–water partition coefficient (Wildman–Crippen LogP) is 2.13. The number of nitrogens with zero attached hydrogens (tertiary/aromatic N) is 1. The van der Waals surface area contributed by atoms with E-state index >= 15 is 0 Å². The second kappa shape index (κ2) is 4.47. The maximum absolute atomic E-state index is 9.06. The van der Waals surface area contributed by atoms with Crippen LogP contribution < -0.4 is 0 Å². The van der Waals surface area contributed by atoms with Gasteiger partial charge in [-0.15, -0.1) is 0 Å². The molecular weight excluding hydrogens is 190 g/mol. The molecule has 3 nitrogen and oxygen atoms in total. The van der Waals surface area contributed by atoms with Gasteiger partial charge in [0, 0.05) is 12.8 Å². The minimum Gasteiger partial charge on any atom is -0.392 e. The molecular formula is C12H15NO2. The zero-order valence-electron chi connectivity index (χ0n) is 8.81. The first-order valence-corrected chi connectivity index (χ1v) is 5.11. The van der Waals surface area contributed by atoms with Gasteiger partial charge in [0.2, 0.25) is 0 Å². The summed E-state index contributed by atoms with van der Waals surface area (Å²) >= 11 is 0. The van der Waals surface area contributed by atoms with E-state index < -0.39 is 0 Å². The molecule has 0 fully saturated rings. The van der Waals surface area contributed by atoms with Gasteiger partial charge in [-0.3, -0.25) is 0 Å². The van der Waals surface area contributed by atoms with Crippen LogP contribution in [-0.4, -0.2) is 16.3 Å². The molecule has 2 rings (SSSR count). The lowest BCUT2D eigenvalue weighted by molar-refractivity contribution is 0.0909. The van der Waals surface area contributed by atoms with Gasteiger partial charge in [-0.1, -0.05) is 12.1 Å². The van der Waals surface area contributed by atoms with Gasteiger partial charge in [0.1, 0.15) is 6.73 Å². The molecule has 0 aliphatic heterocycles. The number of rotatable bonds is 4. The Balaban J connectivity index is 2.38. The van der Waals surface area contributed by atoms with Gasteiger partial charge in [0.05, 0.1) is 12.1 Å². The molecule has 0 aliphatic carbocycles. The van der Waals surface area contributed by atoms with E-state index in [-0.39, 0.29) is 6.61 Å². The average molecular weight is 205 g/mol. The summed E-state index contributed by atoms with van der Waals surface area (Å²) in [7, 11) is 0. The van der Waals surface area contributed by atoms with Crippen LogP contribution >= 0.6 is 0 Å². The molecule has 0 spiro atoms. The lowest BCUT2D eigenvalue weighted by atomic mass is 10.2. The van der Waals surface area contributed by atoms with Crippen molar-refractivity contribution in [1.29, 1.82) is 0 Å². The molecule has 0 amide bonds. The van der Waals surface area contributed by atoms with Crippen LogP contribution in [-0.2, 0) is 18.1 Å². The largest absolute Gasteiger partial charge is 0.392 e. The minimum atomic E-state index is 0.0791. The van der Waals surface area contributed by atoms with E-state index in [4.69, 9.17) is 9.84 Å². The summed E-state index contributed by atoms with van der Waals surface area (Å²) in [6.07, 6.45) is 2.00. The molecule has 0 bridgehead atoms. The summed E-state index contributed by atoms with van der Waals surface area (Å²) in [6, 6.07) is 8.00. The van der Waals surface area contributed by atoms with Crippen LogP contribution in [0.1, 0.15) is 12.5 Å². The highest BCUT2D eigenvalue weighted by molar-refractivity contribution is 5.80. The van der Waals surface area contributed by atoms with Crippen molar-refractivity contribution in [2.75, 3.05) is 6.61 Å². The highest BCUT2D eigenvalue weighted by Gasteiger charge is 2.01. The minimum absolute atomic E-state index is 0.0791. The molecule has 0 saturated carbocycles. The zero-order chi connectivity index (χ0) is 10.7. The Labute approximate surface area is 88.9 Å². The van der Waals surface area contributed by atoms with Gasteiger partial charge in [-0.05, 0) is 30.0 Å². The molecule has 3 heteroatoms. The predicted molar refractivity (Wildman–Crippen MR) is 59.5 cm³/mol. The second-order valence-electron chi connectivity index (χ2n) is 3.46. The van der Waals surface area contributed by atoms with Crippen LogP contribution in [0, 0.1) is 0 Å². The van der Waals surface area contributed by atoms with Crippen molar-refractivity contribution in [3.8, 4) is 0 Å². The van der Waals surface area contributed by atoms with Crippen LogP contribution in [0.2, 0.25) is 0 Å². The third kappa shape index (κ3) is 2.03. The molecule has 0 aliphatic rings. The molecule has 1 aromatic carbocycles. The van der Waals surface area contributed by atoms with Crippen LogP contribution in [0.5, 0.6) is 0 Å². The van der Waals surface area contributed by atoms with Crippen molar-refractivity contribution in [2.24, 2.45) is 0 Å². The molecule has 1 aromatic heterocycles. The van der Waals surface area contributed by atoms with E-state index in [0.717, 1.165) is 11.1 Å². The van der Waals surface area contributed by atoms with Crippen molar-refractivity contribution in [1.82, 2.24) is 4.57 Å². The smallest absolute Gasteiger partial charge is 0.122 e. The van der Waals surface area contributed by atoms with Gasteiger partial charge >= 0.3 is 0 Å². The van der Waals surface area contributed by atoms with E-state index in [1.165, 1.54) is 5.39 Å². The van der Waals surface area contributed by atoms with E-state index in [1.54, 1.807) is 0 Å². The first-order valence-electron chi connectivity index (χ1n) is 5.11. The molecule has 2 aromatic rings. The summed E-state index contributed by atoms with van der Waals surface area (Å²) in [5.41, 5.74) is 2.04. The molecule has 1 N–H and O–H groups in total. The Morgan fingerprint density at radius 3 is 2.93 bits per heavy atom. The number of hydrogen-bond donors (Lipinski definition) is 1. The van der Waals surface area contributed by atoms with Crippen LogP contribution in [0.25, 0.3) is 10.9 Å². The summed E-state index contributed by atoms with van der Waals surface area (Å²) in [6.45, 7) is 3.33. The van der Waals surface area contributed by atoms with E-state index in [0.29, 0.717) is 13.3 Å². The first kappa shape index (κ1) is 10.2. The number of hydrogen-bond acceptors (Lipinski definition) is 2. The average Bonchev–Trinajstić information content (AvgIpc) is 2.68. The molecule has 0 atom stereocenters. The second-order valence-corrected chi connectivity index (χ2v) is 3.46. The fourth-order valence-corrected chi connectivity index (χ4v) is 1.63. The zero-order valence-corrected chi connectivity index (χ0v) is 8.81. The van der Waals surface area contributed by atoms with Gasteiger partial charge < -0.3 is 14.4 Å². The van der Waals surface area contributed by atoms with Crippen LogP contribution in [0.15, 0.2) is 30.5 Å². The monoisotopic (exact) mass is 205 g/mol. The maximum Gasteiger partial charge on any atom is 0.122 e. The van der Waals surface area contributed by atoms with E-state index in [2.05, 4.69) is 6.07 Å². The van der Waals surface area contributed by atoms with Gasteiger partial charge in [-0.2, -0.15) is 0 Å². The molecule has 0 saturated heterocycles. The number of fused-ring (bicyclic) bond motifs is 1. The van der Waals surface area contributed by atoms with Crippen molar-refractivity contribution in [3.63, 3.8) is 0 Å². The Morgan fingerprint density at radius 2 is 2.20 bits per heavy atom. The van der Waals surface area contributed by atoms with Crippen LogP contribution in [0.4, 0.5) is 0 Å². The van der Waals surface area contributed by atoms with E-state index in [9.17, 15) is 0 Å². The standard InChI is InChI=1S/C12H15NO2/c1-2-15-9-13-6-5-11-4-3-10(8-14)7-12(11)13/h3-7,14H,2,8-9H2,1H3. The van der Waals surface area contributed by atoms with Crippen LogP contribution in [0.3, 0.4) is 0 Å². The molecule has 0 unspecified atom stereocenters. The molecule has 1 heterocycles. The fraction of sp³-hybridized carbons (Fsp3) is 0.333. The van der Waals surface area contributed by atoms with Gasteiger partial charge in [-0.25, -0.2) is 0 Å². The molecule has 80 valence electrons. The van der Waals surface area contributed by atoms with Crippen molar-refractivity contribution >= 4 is 10.9 Å². The third-order valence-electron chi connectivity index (χ3n) is 2.46. The normalized spacial score (nSPS) is 11.1. The number of ether oxygens (including phenoxy) is 1. The Kier molecular flexibility index (Phi) is 3.04. The third-order valence-corrected chi connectivity index (χ3v) is 2.46. The number of aliphatic hydroxyl groups excluding tert-OH is 1. The Bertz CT molecular complexity index is 448.